The van der Waals surface area contributed by atoms with Crippen LogP contribution in [0.4, 0.5) is 11.5 Å². The van der Waals surface area contributed by atoms with Crippen LogP contribution in [0.5, 0.6) is 5.75 Å². The number of benzene rings is 2. The first-order valence-electron chi connectivity index (χ1n) is 8.42. The Kier molecular flexibility index (Phi) is 6.22. The molecule has 27 heavy (non-hydrogen) atoms. The molecule has 0 saturated heterocycles. The number of methoxy groups -OCH3 is 1. The van der Waals surface area contributed by atoms with Gasteiger partial charge >= 0.3 is 0 Å². The van der Waals surface area contributed by atoms with E-state index in [-0.39, 0.29) is 11.6 Å². The van der Waals surface area contributed by atoms with Gasteiger partial charge in [-0.2, -0.15) is 0 Å². The van der Waals surface area contributed by atoms with Gasteiger partial charge in [-0.1, -0.05) is 35.9 Å². The zero-order chi connectivity index (χ0) is 19.1. The maximum Gasteiger partial charge on any atom is 0.271 e. The van der Waals surface area contributed by atoms with Crippen molar-refractivity contribution in [2.75, 3.05) is 19.0 Å². The number of nitrogens with zero attached hydrogens (tertiary/aromatic N) is 2. The Morgan fingerprint density at radius 3 is 2.52 bits per heavy atom. The number of hydrogen-bond donors (Lipinski definition) is 2. The zero-order valence-electron chi connectivity index (χ0n) is 14.8. The van der Waals surface area contributed by atoms with E-state index in [2.05, 4.69) is 20.8 Å². The van der Waals surface area contributed by atoms with Crippen molar-refractivity contribution < 1.29 is 9.53 Å². The smallest absolute Gasteiger partial charge is 0.271 e. The van der Waals surface area contributed by atoms with Gasteiger partial charge in [0.2, 0.25) is 0 Å². The number of para-hydroxylation sites is 2. The van der Waals surface area contributed by atoms with E-state index in [1.54, 1.807) is 19.2 Å². The average Bonchev–Trinajstić information content (AvgIpc) is 2.70. The molecule has 1 amide bonds. The van der Waals surface area contributed by atoms with Gasteiger partial charge in [-0.3, -0.25) is 4.79 Å². The van der Waals surface area contributed by atoms with Crippen LogP contribution in [0.15, 0.2) is 60.7 Å². The molecule has 0 atom stereocenters. The van der Waals surface area contributed by atoms with Crippen LogP contribution in [-0.4, -0.2) is 29.8 Å². The number of halogens is 1. The summed E-state index contributed by atoms with van der Waals surface area (Å²) in [6, 6.07) is 18.4. The Hall–Kier alpha value is -3.12. The van der Waals surface area contributed by atoms with Gasteiger partial charge in [-0.05, 0) is 48.4 Å². The molecule has 7 heteroatoms. The van der Waals surface area contributed by atoms with E-state index in [1.165, 1.54) is 0 Å². The number of anilines is 2. The molecule has 0 bridgehead atoms. The minimum atomic E-state index is -0.264. The molecule has 0 radical (unpaired) electrons. The van der Waals surface area contributed by atoms with Crippen LogP contribution in [0.2, 0.25) is 5.02 Å². The molecule has 0 fully saturated rings. The predicted molar refractivity (Wildman–Crippen MR) is 106 cm³/mol. The molecule has 0 aliphatic carbocycles. The summed E-state index contributed by atoms with van der Waals surface area (Å²) in [5.41, 5.74) is 2.13. The average molecular weight is 383 g/mol. The van der Waals surface area contributed by atoms with Gasteiger partial charge in [0, 0.05) is 11.6 Å². The van der Waals surface area contributed by atoms with Gasteiger partial charge in [0.15, 0.2) is 11.5 Å². The largest absolute Gasteiger partial charge is 0.495 e. The molecule has 138 valence electrons. The number of aromatic nitrogens is 2. The maximum absolute atomic E-state index is 12.2. The third-order valence-electron chi connectivity index (χ3n) is 3.88. The van der Waals surface area contributed by atoms with Crippen molar-refractivity contribution in [1.29, 1.82) is 0 Å². The van der Waals surface area contributed by atoms with Crippen molar-refractivity contribution >= 4 is 29.0 Å². The summed E-state index contributed by atoms with van der Waals surface area (Å²) in [7, 11) is 1.60. The Bertz CT molecular complexity index is 899. The van der Waals surface area contributed by atoms with Crippen molar-refractivity contribution in [2.45, 2.75) is 6.42 Å². The Labute approximate surface area is 162 Å². The van der Waals surface area contributed by atoms with Gasteiger partial charge in [0.25, 0.3) is 5.91 Å². The van der Waals surface area contributed by atoms with E-state index in [0.29, 0.717) is 29.6 Å². The highest BCUT2D eigenvalue weighted by Crippen LogP contribution is 2.25. The molecule has 3 rings (SSSR count). The van der Waals surface area contributed by atoms with Crippen molar-refractivity contribution in [3.05, 3.63) is 76.9 Å². The summed E-state index contributed by atoms with van der Waals surface area (Å²) in [6.45, 7) is 0.503. The van der Waals surface area contributed by atoms with Gasteiger partial charge in [0.1, 0.15) is 5.75 Å². The van der Waals surface area contributed by atoms with Crippen LogP contribution in [0.25, 0.3) is 0 Å². The summed E-state index contributed by atoms with van der Waals surface area (Å²) >= 11 is 5.86. The highest BCUT2D eigenvalue weighted by molar-refractivity contribution is 6.30. The lowest BCUT2D eigenvalue weighted by Gasteiger charge is -2.10. The standard InChI is InChI=1S/C20H19ClN4O2/c1-27-18-5-3-2-4-16(18)23-19-11-10-17(24-25-19)20(26)22-13-12-14-6-8-15(21)9-7-14/h2-11H,12-13H2,1H3,(H,22,26)(H,23,25). The summed E-state index contributed by atoms with van der Waals surface area (Å²) in [6.07, 6.45) is 0.712. The molecular weight excluding hydrogens is 364 g/mol. The second-order valence-corrected chi connectivity index (χ2v) is 6.20. The minimum Gasteiger partial charge on any atom is -0.495 e. The lowest BCUT2D eigenvalue weighted by molar-refractivity contribution is 0.0948. The molecule has 0 spiro atoms. The summed E-state index contributed by atoms with van der Waals surface area (Å²) in [5, 5.41) is 14.7. The second-order valence-electron chi connectivity index (χ2n) is 5.76. The van der Waals surface area contributed by atoms with E-state index in [4.69, 9.17) is 16.3 Å². The summed E-state index contributed by atoms with van der Waals surface area (Å²) < 4.78 is 5.28. The molecule has 0 aliphatic heterocycles. The van der Waals surface area contributed by atoms with Gasteiger partial charge in [-0.15, -0.1) is 10.2 Å². The molecule has 3 aromatic rings. The molecule has 0 saturated carbocycles. The molecular formula is C20H19ClN4O2. The van der Waals surface area contributed by atoms with Crippen molar-refractivity contribution in [3.8, 4) is 5.75 Å². The molecule has 0 aliphatic rings. The van der Waals surface area contributed by atoms with E-state index >= 15 is 0 Å². The number of carbonyl (C=O) groups is 1. The lowest BCUT2D eigenvalue weighted by atomic mass is 10.1. The molecule has 1 heterocycles. The van der Waals surface area contributed by atoms with Crippen LogP contribution >= 0.6 is 11.6 Å². The number of rotatable bonds is 7. The molecule has 1 aromatic heterocycles. The fourth-order valence-corrected chi connectivity index (χ4v) is 2.59. The third kappa shape index (κ3) is 5.18. The monoisotopic (exact) mass is 382 g/mol. The topological polar surface area (TPSA) is 76.1 Å². The third-order valence-corrected chi connectivity index (χ3v) is 4.13. The molecule has 0 unspecified atom stereocenters. The fraction of sp³-hybridized carbons (Fsp3) is 0.150. The van der Waals surface area contributed by atoms with Crippen LogP contribution in [0.1, 0.15) is 16.1 Å². The van der Waals surface area contributed by atoms with Crippen LogP contribution in [0, 0.1) is 0 Å². The van der Waals surface area contributed by atoms with Crippen LogP contribution < -0.4 is 15.4 Å². The van der Waals surface area contributed by atoms with E-state index in [1.807, 2.05) is 48.5 Å². The quantitative estimate of drug-likeness (QED) is 0.649. The normalized spacial score (nSPS) is 10.3. The zero-order valence-corrected chi connectivity index (χ0v) is 15.5. The van der Waals surface area contributed by atoms with Crippen LogP contribution in [-0.2, 0) is 6.42 Å². The number of ether oxygens (including phenoxy) is 1. The maximum atomic E-state index is 12.2. The number of carbonyl (C=O) groups excluding carboxylic acids is 1. The van der Waals surface area contributed by atoms with E-state index < -0.39 is 0 Å². The number of amides is 1. The summed E-state index contributed by atoms with van der Waals surface area (Å²) in [5.74, 6) is 0.959. The molecule has 2 N–H and O–H groups in total. The van der Waals surface area contributed by atoms with Crippen molar-refractivity contribution in [1.82, 2.24) is 15.5 Å². The Balaban J connectivity index is 1.54. The number of hydrogen-bond acceptors (Lipinski definition) is 5. The van der Waals surface area contributed by atoms with Crippen molar-refractivity contribution in [3.63, 3.8) is 0 Å². The number of nitrogens with one attached hydrogen (secondary N) is 2. The van der Waals surface area contributed by atoms with Gasteiger partial charge in [0.05, 0.1) is 12.8 Å². The van der Waals surface area contributed by atoms with Gasteiger partial charge in [-0.25, -0.2) is 0 Å². The van der Waals surface area contributed by atoms with Crippen molar-refractivity contribution in [2.24, 2.45) is 0 Å². The first kappa shape index (κ1) is 18.7. The summed E-state index contributed by atoms with van der Waals surface area (Å²) in [4.78, 5) is 12.2. The highest BCUT2D eigenvalue weighted by atomic mass is 35.5. The fourth-order valence-electron chi connectivity index (χ4n) is 2.47. The Morgan fingerprint density at radius 2 is 1.81 bits per heavy atom. The lowest BCUT2D eigenvalue weighted by Crippen LogP contribution is -2.26. The van der Waals surface area contributed by atoms with E-state index in [9.17, 15) is 4.79 Å². The van der Waals surface area contributed by atoms with Gasteiger partial charge < -0.3 is 15.4 Å². The van der Waals surface area contributed by atoms with Crippen LogP contribution in [0.3, 0.4) is 0 Å². The first-order valence-corrected chi connectivity index (χ1v) is 8.80. The minimum absolute atomic E-state index is 0.261. The molecule has 2 aromatic carbocycles. The predicted octanol–water partition coefficient (Wildman–Crippen LogP) is 3.85. The SMILES string of the molecule is COc1ccccc1Nc1ccc(C(=O)NCCc2ccc(Cl)cc2)nn1. The first-order chi connectivity index (χ1) is 13.2. The Morgan fingerprint density at radius 1 is 1.04 bits per heavy atom. The molecule has 6 nitrogen and oxygen atoms in total. The second kappa shape index (κ2) is 9.00. The van der Waals surface area contributed by atoms with E-state index in [0.717, 1.165) is 11.3 Å². The highest BCUT2D eigenvalue weighted by Gasteiger charge is 2.09.